The number of ether oxygens (including phenoxy) is 2. The molecule has 4 heteroatoms. The maximum atomic E-state index is 10.3. The van der Waals surface area contributed by atoms with Crippen LogP contribution < -0.4 is 9.47 Å². The van der Waals surface area contributed by atoms with E-state index < -0.39 is 0 Å². The van der Waals surface area contributed by atoms with Crippen molar-refractivity contribution in [2.45, 2.75) is 39.5 Å². The Bertz CT molecular complexity index is 586. The highest BCUT2D eigenvalue weighted by molar-refractivity contribution is 5.62. The summed E-state index contributed by atoms with van der Waals surface area (Å²) in [5, 5.41) is 20.3. The van der Waals surface area contributed by atoms with E-state index in [1.807, 2.05) is 13.0 Å². The van der Waals surface area contributed by atoms with Crippen molar-refractivity contribution in [3.05, 3.63) is 41.9 Å². The first-order valence-electron chi connectivity index (χ1n) is 7.61. The monoisotopic (exact) mass is 318 g/mol. The van der Waals surface area contributed by atoms with E-state index in [-0.39, 0.29) is 23.0 Å². The number of methoxy groups -OCH3 is 2. The average Bonchev–Trinajstić information content (AvgIpc) is 2.50. The van der Waals surface area contributed by atoms with Crippen LogP contribution >= 0.6 is 0 Å². The molecule has 0 aliphatic carbocycles. The van der Waals surface area contributed by atoms with Gasteiger partial charge in [0, 0.05) is 5.56 Å². The van der Waals surface area contributed by atoms with Crippen LogP contribution in [0.3, 0.4) is 0 Å². The van der Waals surface area contributed by atoms with Crippen LogP contribution in [0.5, 0.6) is 23.0 Å². The van der Waals surface area contributed by atoms with Gasteiger partial charge in [0.25, 0.3) is 0 Å². The van der Waals surface area contributed by atoms with Gasteiger partial charge < -0.3 is 19.7 Å². The summed E-state index contributed by atoms with van der Waals surface area (Å²) in [4.78, 5) is 0. The topological polar surface area (TPSA) is 58.9 Å². The summed E-state index contributed by atoms with van der Waals surface area (Å²) < 4.78 is 10.2. The quantitative estimate of drug-likeness (QED) is 0.550. The third-order valence-corrected chi connectivity index (χ3v) is 3.64. The fourth-order valence-corrected chi connectivity index (χ4v) is 2.41. The lowest BCUT2D eigenvalue weighted by molar-refractivity contribution is 0.315. The molecule has 126 valence electrons. The van der Waals surface area contributed by atoms with Crippen LogP contribution in [-0.2, 0) is 6.42 Å². The lowest BCUT2D eigenvalue weighted by atomic mass is 10.0. The van der Waals surface area contributed by atoms with Crippen molar-refractivity contribution in [3.63, 3.8) is 0 Å². The van der Waals surface area contributed by atoms with Gasteiger partial charge in [0.2, 0.25) is 11.5 Å². The molecule has 2 N–H and O–H groups in total. The van der Waals surface area contributed by atoms with Gasteiger partial charge in [-0.15, -0.1) is 0 Å². The van der Waals surface area contributed by atoms with Crippen LogP contribution in [0.1, 0.15) is 38.7 Å². The van der Waals surface area contributed by atoms with Crippen molar-refractivity contribution in [1.82, 2.24) is 0 Å². The van der Waals surface area contributed by atoms with E-state index in [4.69, 9.17) is 16.4 Å². The molecule has 23 heavy (non-hydrogen) atoms. The summed E-state index contributed by atoms with van der Waals surface area (Å²) in [6.45, 7) is 9.54. The lowest BCUT2D eigenvalue weighted by Crippen LogP contribution is -1.96. The number of hydrogen-bond donors (Lipinski definition) is 2. The number of phenolic OH excluding ortho intramolecular Hbond substituents is 2. The number of benzene rings is 1. The number of aromatic hydroxyl groups is 2. The lowest BCUT2D eigenvalue weighted by Gasteiger charge is -2.14. The van der Waals surface area contributed by atoms with Gasteiger partial charge in [0.05, 0.1) is 14.2 Å². The Morgan fingerprint density at radius 3 is 2.30 bits per heavy atom. The highest BCUT2D eigenvalue weighted by Gasteiger charge is 2.19. The third kappa shape index (κ3) is 5.23. The predicted molar refractivity (Wildman–Crippen MR) is 92.2 cm³/mol. The van der Waals surface area contributed by atoms with Gasteiger partial charge in [0.1, 0.15) is 0 Å². The standard InChI is InChI=1S/C19H26O4/c1-6-8-13(2)9-7-10-14(3)11-15-12-16(20)18(22-4)19(23-5)17(15)21/h1,8,10,12,20-21H,6-7,9,11H2,2-5H3/b13-8+,14-10+. The minimum absolute atomic E-state index is 0.00546. The van der Waals surface area contributed by atoms with Crippen molar-refractivity contribution in [2.75, 3.05) is 14.2 Å². The van der Waals surface area contributed by atoms with E-state index in [1.165, 1.54) is 25.9 Å². The largest absolute Gasteiger partial charge is 0.504 e. The van der Waals surface area contributed by atoms with E-state index in [0.29, 0.717) is 18.4 Å². The first-order chi connectivity index (χ1) is 10.9. The molecule has 0 aromatic heterocycles. The van der Waals surface area contributed by atoms with Crippen molar-refractivity contribution in [1.29, 1.82) is 0 Å². The summed E-state index contributed by atoms with van der Waals surface area (Å²) in [7, 11) is 2.84. The molecular formula is C19H26O4. The van der Waals surface area contributed by atoms with Crippen LogP contribution in [-0.4, -0.2) is 24.4 Å². The molecule has 1 aromatic carbocycles. The Labute approximate surface area is 139 Å². The fraction of sp³-hybridized carbons (Fsp3) is 0.421. The number of hydrogen-bond acceptors (Lipinski definition) is 4. The molecule has 0 saturated heterocycles. The second-order valence-corrected chi connectivity index (χ2v) is 5.52. The van der Waals surface area contributed by atoms with Gasteiger partial charge in [-0.3, -0.25) is 0 Å². The second kappa shape index (κ2) is 9.13. The molecule has 1 rings (SSSR count). The summed E-state index contributed by atoms with van der Waals surface area (Å²) >= 11 is 0. The van der Waals surface area contributed by atoms with Crippen LogP contribution in [0.4, 0.5) is 0 Å². The molecule has 0 atom stereocenters. The Morgan fingerprint density at radius 2 is 1.74 bits per heavy atom. The van der Waals surface area contributed by atoms with Gasteiger partial charge in [-0.25, -0.2) is 0 Å². The Balaban J connectivity index is 2.88. The van der Waals surface area contributed by atoms with Crippen molar-refractivity contribution < 1.29 is 19.7 Å². The van der Waals surface area contributed by atoms with Crippen LogP contribution in [0.25, 0.3) is 0 Å². The zero-order chi connectivity index (χ0) is 17.4. The second-order valence-electron chi connectivity index (χ2n) is 5.52. The average molecular weight is 318 g/mol. The molecule has 0 unspecified atom stereocenters. The molecule has 0 spiro atoms. The minimum atomic E-state index is -0.0494. The molecule has 0 aliphatic rings. The van der Waals surface area contributed by atoms with E-state index in [9.17, 15) is 10.2 Å². The van der Waals surface area contributed by atoms with Crippen LogP contribution in [0, 0.1) is 6.92 Å². The van der Waals surface area contributed by atoms with Crippen molar-refractivity contribution in [3.8, 4) is 23.0 Å². The molecular weight excluding hydrogens is 292 g/mol. The van der Waals surface area contributed by atoms with Crippen molar-refractivity contribution >= 4 is 0 Å². The van der Waals surface area contributed by atoms with Crippen LogP contribution in [0.15, 0.2) is 29.4 Å². The zero-order valence-corrected chi connectivity index (χ0v) is 14.3. The Hall–Kier alpha value is -2.10. The maximum absolute atomic E-state index is 10.3. The molecule has 0 fully saturated rings. The highest BCUT2D eigenvalue weighted by Crippen LogP contribution is 2.45. The molecule has 1 aromatic rings. The van der Waals surface area contributed by atoms with Gasteiger partial charge in [-0.1, -0.05) is 23.3 Å². The fourth-order valence-electron chi connectivity index (χ4n) is 2.41. The van der Waals surface area contributed by atoms with E-state index in [1.54, 1.807) is 0 Å². The highest BCUT2D eigenvalue weighted by atomic mass is 16.5. The first kappa shape index (κ1) is 18.9. The summed E-state index contributed by atoms with van der Waals surface area (Å²) in [6, 6.07) is 1.51. The number of rotatable bonds is 8. The molecule has 0 bridgehead atoms. The van der Waals surface area contributed by atoms with Crippen molar-refractivity contribution in [2.24, 2.45) is 0 Å². The summed E-state index contributed by atoms with van der Waals surface area (Å²) in [5.74, 6) is 0.232. The molecule has 4 nitrogen and oxygen atoms in total. The van der Waals surface area contributed by atoms with E-state index in [2.05, 4.69) is 13.0 Å². The maximum Gasteiger partial charge on any atom is 0.207 e. The summed E-state index contributed by atoms with van der Waals surface area (Å²) in [5.41, 5.74) is 2.97. The molecule has 0 saturated carbocycles. The van der Waals surface area contributed by atoms with Gasteiger partial charge in [-0.05, 0) is 52.5 Å². The molecule has 0 amide bonds. The zero-order valence-electron chi connectivity index (χ0n) is 14.3. The SMILES string of the molecule is [CH]C/C=C(\C)CC/C=C(\C)Cc1cc(O)c(OC)c(OC)c1O. The van der Waals surface area contributed by atoms with E-state index in [0.717, 1.165) is 18.4 Å². The van der Waals surface area contributed by atoms with E-state index >= 15 is 0 Å². The summed E-state index contributed by atoms with van der Waals surface area (Å²) in [6.07, 6.45) is 7.10. The first-order valence-corrected chi connectivity index (χ1v) is 7.61. The molecule has 2 radical (unpaired) electrons. The third-order valence-electron chi connectivity index (χ3n) is 3.64. The Kier molecular flexibility index (Phi) is 7.52. The number of phenols is 2. The predicted octanol–water partition coefficient (Wildman–Crippen LogP) is 4.43. The van der Waals surface area contributed by atoms with Gasteiger partial charge in [0.15, 0.2) is 11.5 Å². The molecule has 0 heterocycles. The van der Waals surface area contributed by atoms with Gasteiger partial charge >= 0.3 is 0 Å². The smallest absolute Gasteiger partial charge is 0.207 e. The number of allylic oxidation sites excluding steroid dienone is 4. The molecule has 0 aliphatic heterocycles. The Morgan fingerprint density at radius 1 is 1.09 bits per heavy atom. The van der Waals surface area contributed by atoms with Crippen LogP contribution in [0.2, 0.25) is 0 Å². The normalized spacial score (nSPS) is 12.4. The minimum Gasteiger partial charge on any atom is -0.504 e. The van der Waals surface area contributed by atoms with Gasteiger partial charge in [-0.2, -0.15) is 0 Å².